The van der Waals surface area contributed by atoms with Gasteiger partial charge in [-0.2, -0.15) is 0 Å². The van der Waals surface area contributed by atoms with E-state index in [-0.39, 0.29) is 0 Å². The summed E-state index contributed by atoms with van der Waals surface area (Å²) in [5.41, 5.74) is 5.32. The summed E-state index contributed by atoms with van der Waals surface area (Å²) in [6, 6.07) is 22.5. The van der Waals surface area contributed by atoms with E-state index in [1.165, 1.54) is 68.6 Å². The Kier molecular flexibility index (Phi) is 2.69. The summed E-state index contributed by atoms with van der Waals surface area (Å²) in [6.07, 6.45) is 0. The van der Waals surface area contributed by atoms with Crippen molar-refractivity contribution >= 4 is 114 Å². The number of aromatic nitrogens is 2. The number of halogens is 1. The molecule has 0 saturated heterocycles. The summed E-state index contributed by atoms with van der Waals surface area (Å²) in [6.45, 7) is 0. The molecule has 8 aromatic rings. The number of nitrogens with zero attached hydrogens (tertiary/aromatic N) is 2. The second-order valence-corrected chi connectivity index (χ2v) is 10.5. The highest BCUT2D eigenvalue weighted by Gasteiger charge is 2.23. The summed E-state index contributed by atoms with van der Waals surface area (Å²) in [7, 11) is 0. The van der Waals surface area contributed by atoms with Crippen molar-refractivity contribution in [3.63, 3.8) is 0 Å². The van der Waals surface area contributed by atoms with E-state index in [1.54, 1.807) is 0 Å². The van der Waals surface area contributed by atoms with Gasteiger partial charge in [-0.15, -0.1) is 22.7 Å². The average Bonchev–Trinajstić information content (AvgIpc) is 3.48. The van der Waals surface area contributed by atoms with Crippen LogP contribution in [0.4, 0.5) is 0 Å². The van der Waals surface area contributed by atoms with Crippen LogP contribution in [0.5, 0.6) is 0 Å². The molecule has 0 amide bonds. The SMILES string of the molecule is In1c2cccc3c4ccsc4n4c5c6ccccc6sc5c5ccc1c(c32)c54. The van der Waals surface area contributed by atoms with Gasteiger partial charge in [-0.05, 0) is 41.1 Å². The molecule has 0 atom stereocenters. The molecule has 0 radical (unpaired) electrons. The first kappa shape index (κ1) is 15.5. The van der Waals surface area contributed by atoms with Crippen LogP contribution in [-0.2, 0) is 0 Å². The van der Waals surface area contributed by atoms with Crippen LogP contribution in [0, 0.1) is 0 Å². The van der Waals surface area contributed by atoms with Crippen molar-refractivity contribution < 1.29 is 0 Å². The predicted octanol–water partition coefficient (Wildman–Crippen LogP) is 8.42. The van der Waals surface area contributed by atoms with E-state index in [4.69, 9.17) is 0 Å². The minimum Gasteiger partial charge on any atom is -0.298 e. The van der Waals surface area contributed by atoms with Crippen LogP contribution < -0.4 is 0 Å². The normalized spacial score (nSPS) is 13.0. The Balaban J connectivity index is 1.92. The second kappa shape index (κ2) is 5.03. The number of fused-ring (bicyclic) bond motifs is 8. The molecule has 3 aromatic carbocycles. The van der Waals surface area contributed by atoms with Gasteiger partial charge in [-0.25, -0.2) is 0 Å². The fourth-order valence-electron chi connectivity index (χ4n) is 5.16. The molecule has 8 rings (SSSR count). The molecular weight excluding hydrogens is 507 g/mol. The van der Waals surface area contributed by atoms with Crippen molar-refractivity contribution in [2.45, 2.75) is 0 Å². The van der Waals surface area contributed by atoms with Crippen LogP contribution >= 0.6 is 45.5 Å². The summed E-state index contributed by atoms with van der Waals surface area (Å²) in [4.78, 5) is 1.34. The van der Waals surface area contributed by atoms with Crippen LogP contribution in [0.2, 0.25) is 0 Å². The largest absolute Gasteiger partial charge is 0.298 e. The fraction of sp³-hybridized carbons (Fsp3) is 0. The predicted molar refractivity (Wildman–Crippen MR) is 137 cm³/mol. The Morgan fingerprint density at radius 1 is 0.690 bits per heavy atom. The van der Waals surface area contributed by atoms with Crippen LogP contribution in [0.1, 0.15) is 0 Å². The van der Waals surface area contributed by atoms with E-state index in [1.807, 2.05) is 22.7 Å². The first-order valence-electron chi connectivity index (χ1n) is 9.49. The van der Waals surface area contributed by atoms with E-state index >= 15 is 0 Å². The monoisotopic (exact) mass is 518 g/mol. The van der Waals surface area contributed by atoms with Gasteiger partial charge in [0.1, 0.15) is 4.83 Å². The Hall–Kier alpha value is -2.35. The van der Waals surface area contributed by atoms with Crippen LogP contribution in [0.3, 0.4) is 0 Å². The Bertz CT molecular complexity index is 1930. The maximum Gasteiger partial charge on any atom is 0.108 e. The minimum absolute atomic E-state index is 1.30. The lowest BCUT2D eigenvalue weighted by atomic mass is 10.1. The van der Waals surface area contributed by atoms with Gasteiger partial charge in [0.15, 0.2) is 0 Å². The smallest absolute Gasteiger partial charge is 0.108 e. The van der Waals surface area contributed by atoms with Crippen molar-refractivity contribution in [2.75, 3.05) is 0 Å². The maximum absolute atomic E-state index is 2.56. The summed E-state index contributed by atoms with van der Waals surface area (Å²) in [5, 5.41) is 10.4. The Morgan fingerprint density at radius 3 is 2.52 bits per heavy atom. The number of benzene rings is 3. The van der Waals surface area contributed by atoms with Crippen molar-refractivity contribution in [3.8, 4) is 0 Å². The molecule has 5 aromatic heterocycles. The topological polar surface area (TPSA) is 9.34 Å². The fourth-order valence-corrected chi connectivity index (χ4v) is 8.10. The van der Waals surface area contributed by atoms with E-state index in [0.29, 0.717) is 0 Å². The first-order chi connectivity index (χ1) is 14.3. The second-order valence-electron chi connectivity index (χ2n) is 7.59. The number of hydrogen-bond acceptors (Lipinski definition) is 2. The third kappa shape index (κ3) is 1.64. The summed E-state index contributed by atoms with van der Waals surface area (Å²) >= 11 is 6.23. The minimum atomic E-state index is 1.30. The first-order valence-corrected chi connectivity index (χ1v) is 12.2. The van der Waals surface area contributed by atoms with Gasteiger partial charge in [0.25, 0.3) is 0 Å². The molecule has 0 N–H and O–H groups in total. The van der Waals surface area contributed by atoms with Gasteiger partial charge in [0, 0.05) is 31.6 Å². The van der Waals surface area contributed by atoms with Gasteiger partial charge >= 0.3 is 0 Å². The lowest BCUT2D eigenvalue weighted by Gasteiger charge is -2.00. The molecule has 136 valence electrons. The van der Waals surface area contributed by atoms with Gasteiger partial charge in [0.05, 0.1) is 49.6 Å². The van der Waals surface area contributed by atoms with Crippen LogP contribution in [0.25, 0.3) is 68.6 Å². The third-order valence-corrected chi connectivity index (χ3v) is 9.40. The molecule has 0 spiro atoms. The molecule has 0 aliphatic carbocycles. The molecule has 0 aliphatic heterocycles. The Morgan fingerprint density at radius 2 is 1.55 bits per heavy atom. The highest BCUT2D eigenvalue weighted by molar-refractivity contribution is 14.1. The van der Waals surface area contributed by atoms with Crippen molar-refractivity contribution in [1.82, 2.24) is 7.18 Å². The highest BCUT2D eigenvalue weighted by Crippen LogP contribution is 2.48. The summed E-state index contributed by atoms with van der Waals surface area (Å²) in [5.74, 6) is 0. The van der Waals surface area contributed by atoms with Gasteiger partial charge in [0.2, 0.25) is 0 Å². The standard InChI is InChI=1S/C24H11IN2S2/c25-27-16-6-3-5-12-13-10-11-28-24(13)26-21-15(8-9-17(27)20(21)19(12)16)23-22(26)14-4-1-2-7-18(14)29-23/h1-11H. The zero-order chi connectivity index (χ0) is 18.9. The number of thiophene rings is 2. The zero-order valence-electron chi connectivity index (χ0n) is 14.9. The van der Waals surface area contributed by atoms with Gasteiger partial charge < -0.3 is 0 Å². The maximum atomic E-state index is 2.56. The molecule has 0 bridgehead atoms. The number of hydrogen-bond donors (Lipinski definition) is 0. The quantitative estimate of drug-likeness (QED) is 0.178. The molecule has 2 nitrogen and oxygen atoms in total. The van der Waals surface area contributed by atoms with E-state index in [2.05, 4.69) is 96.1 Å². The molecule has 29 heavy (non-hydrogen) atoms. The Labute approximate surface area is 186 Å². The molecule has 5 heterocycles. The molecular formula is C24H11IN2S2. The van der Waals surface area contributed by atoms with Gasteiger partial charge in [-0.1, -0.05) is 30.3 Å². The van der Waals surface area contributed by atoms with E-state index < -0.39 is 0 Å². The van der Waals surface area contributed by atoms with Crippen LogP contribution in [-0.4, -0.2) is 7.18 Å². The summed E-state index contributed by atoms with van der Waals surface area (Å²) < 4.78 is 7.64. The molecule has 0 saturated carbocycles. The van der Waals surface area contributed by atoms with E-state index in [0.717, 1.165) is 0 Å². The molecule has 0 aliphatic rings. The van der Waals surface area contributed by atoms with Crippen molar-refractivity contribution in [1.29, 1.82) is 0 Å². The van der Waals surface area contributed by atoms with Crippen LogP contribution in [0.15, 0.2) is 66.0 Å². The van der Waals surface area contributed by atoms with Crippen molar-refractivity contribution in [3.05, 3.63) is 66.0 Å². The zero-order valence-corrected chi connectivity index (χ0v) is 18.7. The third-order valence-electron chi connectivity index (χ3n) is 6.27. The van der Waals surface area contributed by atoms with Crippen molar-refractivity contribution in [2.24, 2.45) is 0 Å². The number of rotatable bonds is 0. The molecule has 0 unspecified atom stereocenters. The van der Waals surface area contributed by atoms with Gasteiger partial charge in [-0.3, -0.25) is 7.18 Å². The molecule has 5 heteroatoms. The molecule has 0 fully saturated rings. The lowest BCUT2D eigenvalue weighted by Crippen LogP contribution is -1.83. The van der Waals surface area contributed by atoms with E-state index in [9.17, 15) is 0 Å². The highest BCUT2D eigenvalue weighted by atomic mass is 127. The average molecular weight is 518 g/mol. The lowest BCUT2D eigenvalue weighted by molar-refractivity contribution is 1.40.